The number of aromatic nitrogens is 2. The number of piperazine rings is 1. The van der Waals surface area contributed by atoms with Crippen LogP contribution in [0, 0.1) is 0 Å². The minimum atomic E-state index is -0.277. The van der Waals surface area contributed by atoms with Crippen LogP contribution in [0.3, 0.4) is 0 Å². The van der Waals surface area contributed by atoms with Crippen LogP contribution in [-0.4, -0.2) is 57.3 Å². The zero-order valence-corrected chi connectivity index (χ0v) is 21.0. The average Bonchev–Trinajstić information content (AvgIpc) is 3.68. The Morgan fingerprint density at radius 2 is 1.80 bits per heavy atom. The van der Waals surface area contributed by atoms with Gasteiger partial charge in [-0.2, -0.15) is 0 Å². The van der Waals surface area contributed by atoms with Gasteiger partial charge in [0, 0.05) is 61.1 Å². The quantitative estimate of drug-likeness (QED) is 0.358. The van der Waals surface area contributed by atoms with Crippen LogP contribution in [0.5, 0.6) is 0 Å². The molecule has 6 rings (SSSR count). The van der Waals surface area contributed by atoms with Crippen molar-refractivity contribution >= 4 is 40.2 Å². The van der Waals surface area contributed by atoms with Crippen molar-refractivity contribution < 1.29 is 9.59 Å². The molecule has 0 spiro atoms. The van der Waals surface area contributed by atoms with E-state index in [0.717, 1.165) is 48.4 Å². The summed E-state index contributed by atoms with van der Waals surface area (Å²) in [6.45, 7) is 6.13. The van der Waals surface area contributed by atoms with Crippen LogP contribution in [0.25, 0.3) is 5.13 Å². The molecule has 3 aromatic heterocycles. The summed E-state index contributed by atoms with van der Waals surface area (Å²) >= 11 is 3.20. The van der Waals surface area contributed by atoms with Crippen molar-refractivity contribution in [3.05, 3.63) is 87.3 Å². The number of nitrogens with zero attached hydrogens (tertiary/aromatic N) is 5. The van der Waals surface area contributed by atoms with Crippen LogP contribution in [0.4, 0.5) is 5.69 Å². The number of thiophene rings is 1. The molecule has 0 radical (unpaired) electrons. The zero-order valence-electron chi connectivity index (χ0n) is 19.3. The number of fused-ring (bicyclic) bond motifs is 1. The van der Waals surface area contributed by atoms with Gasteiger partial charge in [0.05, 0.1) is 22.9 Å². The van der Waals surface area contributed by atoms with Crippen molar-refractivity contribution in [2.75, 3.05) is 31.1 Å². The highest BCUT2D eigenvalue weighted by Gasteiger charge is 2.41. The maximum absolute atomic E-state index is 13.5. The molecule has 0 bridgehead atoms. The second kappa shape index (κ2) is 9.07. The van der Waals surface area contributed by atoms with Gasteiger partial charge in [-0.25, -0.2) is 4.98 Å². The number of amides is 2. The number of hydrogen-bond acceptors (Lipinski definition) is 7. The molecular weight excluding hydrogens is 478 g/mol. The predicted octanol–water partition coefficient (Wildman–Crippen LogP) is 4.67. The molecule has 0 saturated carbocycles. The molecule has 2 amide bonds. The summed E-state index contributed by atoms with van der Waals surface area (Å²) in [5, 5.41) is 4.95. The van der Waals surface area contributed by atoms with E-state index in [9.17, 15) is 9.59 Å². The molecular formula is C26H25N5O2S2. The van der Waals surface area contributed by atoms with Gasteiger partial charge in [-0.1, -0.05) is 12.1 Å². The molecule has 2 aliphatic rings. The smallest absolute Gasteiger partial charge is 0.264 e. The van der Waals surface area contributed by atoms with Gasteiger partial charge in [-0.3, -0.25) is 24.0 Å². The molecule has 7 nitrogen and oxygen atoms in total. The van der Waals surface area contributed by atoms with E-state index in [4.69, 9.17) is 0 Å². The lowest BCUT2D eigenvalue weighted by molar-refractivity contribution is 0.0598. The fraction of sp³-hybridized carbons (Fsp3) is 0.269. The van der Waals surface area contributed by atoms with Crippen molar-refractivity contribution in [3.8, 4) is 5.13 Å². The van der Waals surface area contributed by atoms with Crippen molar-refractivity contribution in [2.45, 2.75) is 19.5 Å². The number of rotatable bonds is 6. The van der Waals surface area contributed by atoms with Gasteiger partial charge in [0.25, 0.3) is 11.8 Å². The Balaban J connectivity index is 1.18. The van der Waals surface area contributed by atoms with Gasteiger partial charge in [0.1, 0.15) is 0 Å². The Morgan fingerprint density at radius 1 is 0.943 bits per heavy atom. The Morgan fingerprint density at radius 3 is 2.54 bits per heavy atom. The van der Waals surface area contributed by atoms with Crippen LogP contribution in [0.2, 0.25) is 0 Å². The van der Waals surface area contributed by atoms with E-state index in [0.29, 0.717) is 11.1 Å². The maximum atomic E-state index is 13.5. The summed E-state index contributed by atoms with van der Waals surface area (Å²) in [5.74, 6) is -0.389. The molecule has 1 unspecified atom stereocenters. The van der Waals surface area contributed by atoms with Gasteiger partial charge in [0.15, 0.2) is 5.13 Å². The van der Waals surface area contributed by atoms with E-state index in [1.54, 1.807) is 28.7 Å². The Hall–Kier alpha value is -3.27. The average molecular weight is 504 g/mol. The first-order valence-electron chi connectivity index (χ1n) is 11.7. The number of thiazole rings is 1. The highest BCUT2D eigenvalue weighted by molar-refractivity contribution is 7.12. The highest BCUT2D eigenvalue weighted by atomic mass is 32.1. The topological polar surface area (TPSA) is 61.7 Å². The van der Waals surface area contributed by atoms with Crippen LogP contribution in [-0.2, 0) is 6.54 Å². The van der Waals surface area contributed by atoms with Gasteiger partial charge in [-0.15, -0.1) is 22.7 Å². The molecule has 1 aromatic carbocycles. The van der Waals surface area contributed by atoms with Crippen molar-refractivity contribution in [2.24, 2.45) is 0 Å². The first-order valence-corrected chi connectivity index (χ1v) is 13.5. The summed E-state index contributed by atoms with van der Waals surface area (Å²) in [5.41, 5.74) is 3.15. The van der Waals surface area contributed by atoms with Crippen LogP contribution >= 0.6 is 22.7 Å². The first-order chi connectivity index (χ1) is 17.1. The van der Waals surface area contributed by atoms with E-state index in [1.165, 1.54) is 10.6 Å². The Kier molecular flexibility index (Phi) is 5.75. The number of benzene rings is 1. The van der Waals surface area contributed by atoms with Crippen molar-refractivity contribution in [1.82, 2.24) is 19.4 Å². The third kappa shape index (κ3) is 3.89. The number of hydrogen-bond donors (Lipinski definition) is 0. The summed E-state index contributed by atoms with van der Waals surface area (Å²) in [7, 11) is 0. The Bertz CT molecular complexity index is 1350. The van der Waals surface area contributed by atoms with E-state index in [-0.39, 0.29) is 17.9 Å². The lowest BCUT2D eigenvalue weighted by Gasteiger charge is -2.36. The lowest BCUT2D eigenvalue weighted by atomic mass is 10.1. The molecule has 5 heterocycles. The van der Waals surface area contributed by atoms with Crippen molar-refractivity contribution in [3.63, 3.8) is 0 Å². The fourth-order valence-electron chi connectivity index (χ4n) is 5.00. The maximum Gasteiger partial charge on any atom is 0.264 e. The predicted molar refractivity (Wildman–Crippen MR) is 139 cm³/mol. The summed E-state index contributed by atoms with van der Waals surface area (Å²) in [4.78, 5) is 38.3. The van der Waals surface area contributed by atoms with Gasteiger partial charge >= 0.3 is 0 Å². The van der Waals surface area contributed by atoms with Gasteiger partial charge in [-0.05, 0) is 42.6 Å². The molecule has 1 fully saturated rings. The molecule has 1 atom stereocenters. The van der Waals surface area contributed by atoms with E-state index in [2.05, 4.69) is 37.7 Å². The van der Waals surface area contributed by atoms with Gasteiger partial charge < -0.3 is 4.90 Å². The molecule has 9 heteroatoms. The second-order valence-corrected chi connectivity index (χ2v) is 10.7. The molecule has 4 aromatic rings. The zero-order chi connectivity index (χ0) is 23.9. The van der Waals surface area contributed by atoms with E-state index >= 15 is 0 Å². The molecule has 178 valence electrons. The first kappa shape index (κ1) is 22.2. The summed E-state index contributed by atoms with van der Waals surface area (Å²) < 4.78 is 2.15. The van der Waals surface area contributed by atoms with Crippen LogP contribution in [0.15, 0.2) is 65.6 Å². The number of carbonyl (C=O) groups excluding carboxylic acids is 2. The molecule has 35 heavy (non-hydrogen) atoms. The minimum Gasteiger partial charge on any atom is -0.368 e. The van der Waals surface area contributed by atoms with Gasteiger partial charge in [0.2, 0.25) is 0 Å². The third-order valence-corrected chi connectivity index (χ3v) is 8.64. The van der Waals surface area contributed by atoms with Crippen molar-refractivity contribution in [1.29, 1.82) is 0 Å². The number of anilines is 1. The molecule has 0 aliphatic carbocycles. The SMILES string of the molecule is CC(c1cccs1)N1C(=O)c2cccc(N3CCN(Cc4cccn4-c4nccs4)CC3)c2C1=O. The fourth-order valence-corrected chi connectivity index (χ4v) is 6.43. The summed E-state index contributed by atoms with van der Waals surface area (Å²) in [6.07, 6.45) is 3.89. The molecule has 0 N–H and O–H groups in total. The molecule has 2 aliphatic heterocycles. The second-order valence-electron chi connectivity index (χ2n) is 8.82. The Labute approximate surface area is 211 Å². The minimum absolute atomic E-state index is 0.190. The monoisotopic (exact) mass is 503 g/mol. The standard InChI is InChI=1S/C26H25N5O2S2/c1-18(22-8-4-15-34-22)31-24(32)20-6-2-7-21(23(20)25(31)33)29-13-11-28(12-14-29)17-19-5-3-10-30(19)26-27-9-16-35-26/h2-10,15-16,18H,11-14,17H2,1H3. The highest BCUT2D eigenvalue weighted by Crippen LogP contribution is 2.37. The third-order valence-electron chi connectivity index (χ3n) is 6.82. The van der Waals surface area contributed by atoms with Crippen LogP contribution in [0.1, 0.15) is 44.3 Å². The number of carbonyl (C=O) groups is 2. The summed E-state index contributed by atoms with van der Waals surface area (Å²) in [6, 6.07) is 13.5. The van der Waals surface area contributed by atoms with E-state index in [1.807, 2.05) is 48.1 Å². The largest absolute Gasteiger partial charge is 0.368 e. The molecule has 1 saturated heterocycles. The number of imide groups is 1. The van der Waals surface area contributed by atoms with Crippen LogP contribution < -0.4 is 4.90 Å². The van der Waals surface area contributed by atoms with E-state index < -0.39 is 0 Å². The lowest BCUT2D eigenvalue weighted by Crippen LogP contribution is -2.46. The normalized spacial score (nSPS) is 17.3.